The van der Waals surface area contributed by atoms with Crippen LogP contribution >= 0.6 is 0 Å². The highest BCUT2D eigenvalue weighted by Crippen LogP contribution is 2.34. The second kappa shape index (κ2) is 5.70. The highest BCUT2D eigenvalue weighted by molar-refractivity contribution is 5.88. The lowest BCUT2D eigenvalue weighted by atomic mass is 9.99. The third-order valence-corrected chi connectivity index (χ3v) is 2.70. The number of carbonyl (C=O) groups excluding carboxylic acids is 1. The van der Waals surface area contributed by atoms with Crippen LogP contribution in [0.5, 0.6) is 5.75 Å². The van der Waals surface area contributed by atoms with Crippen molar-refractivity contribution in [2.45, 2.75) is 6.36 Å². The number of rotatable bonds is 3. The Bertz CT molecular complexity index is 724. The molecule has 0 aromatic heterocycles. The number of hydrogen-bond acceptors (Lipinski definition) is 2. The maximum absolute atomic E-state index is 13.7. The van der Waals surface area contributed by atoms with Gasteiger partial charge in [0.15, 0.2) is 29.5 Å². The molecule has 116 valence electrons. The molecule has 0 saturated heterocycles. The van der Waals surface area contributed by atoms with Crippen molar-refractivity contribution in [3.05, 3.63) is 53.3 Å². The first-order valence-corrected chi connectivity index (χ1v) is 5.72. The number of halogens is 6. The van der Waals surface area contributed by atoms with Gasteiger partial charge in [-0.05, 0) is 23.8 Å². The molecule has 2 aromatic rings. The summed E-state index contributed by atoms with van der Waals surface area (Å²) in [6.07, 6.45) is -5.07. The Balaban J connectivity index is 2.66. The van der Waals surface area contributed by atoms with Crippen molar-refractivity contribution in [2.24, 2.45) is 0 Å². The van der Waals surface area contributed by atoms with Crippen LogP contribution in [0.4, 0.5) is 26.3 Å². The number of hydrogen-bond donors (Lipinski definition) is 0. The van der Waals surface area contributed by atoms with E-state index in [1.807, 2.05) is 0 Å². The van der Waals surface area contributed by atoms with Gasteiger partial charge in [-0.25, -0.2) is 13.2 Å². The summed E-state index contributed by atoms with van der Waals surface area (Å²) in [6, 6.07) is 3.86. The van der Waals surface area contributed by atoms with E-state index < -0.39 is 46.3 Å². The summed E-state index contributed by atoms with van der Waals surface area (Å²) in [6.45, 7) is 0. The van der Waals surface area contributed by atoms with E-state index in [0.717, 1.165) is 18.2 Å². The summed E-state index contributed by atoms with van der Waals surface area (Å²) in [4.78, 5) is 10.9. The van der Waals surface area contributed by atoms with Gasteiger partial charge >= 0.3 is 6.36 Å². The third-order valence-electron chi connectivity index (χ3n) is 2.70. The Hall–Kier alpha value is -2.51. The molecule has 0 amide bonds. The van der Waals surface area contributed by atoms with E-state index in [4.69, 9.17) is 0 Å². The van der Waals surface area contributed by atoms with Gasteiger partial charge < -0.3 is 4.74 Å². The Morgan fingerprint density at radius 2 is 1.64 bits per heavy atom. The molecular formula is C14H6F6O2. The topological polar surface area (TPSA) is 26.3 Å². The lowest BCUT2D eigenvalue weighted by Gasteiger charge is -2.13. The zero-order valence-corrected chi connectivity index (χ0v) is 10.5. The van der Waals surface area contributed by atoms with Crippen LogP contribution in [-0.4, -0.2) is 12.6 Å². The molecule has 0 spiro atoms. The van der Waals surface area contributed by atoms with Gasteiger partial charge in [-0.2, -0.15) is 0 Å². The molecule has 22 heavy (non-hydrogen) atoms. The molecule has 0 radical (unpaired) electrons. The fraction of sp³-hybridized carbons (Fsp3) is 0.0714. The summed E-state index contributed by atoms with van der Waals surface area (Å²) in [7, 11) is 0. The first-order valence-electron chi connectivity index (χ1n) is 5.72. The smallest absolute Gasteiger partial charge is 0.403 e. The SMILES string of the molecule is O=Cc1cc(F)c(OC(F)(F)F)cc1-c1cccc(F)c1F. The first-order chi connectivity index (χ1) is 10.2. The van der Waals surface area contributed by atoms with Crippen molar-refractivity contribution < 1.29 is 35.9 Å². The molecule has 2 nitrogen and oxygen atoms in total. The van der Waals surface area contributed by atoms with Gasteiger partial charge in [-0.1, -0.05) is 12.1 Å². The minimum absolute atomic E-state index is 0.111. The second-order valence-corrected chi connectivity index (χ2v) is 4.14. The molecule has 0 aliphatic heterocycles. The number of alkyl halides is 3. The van der Waals surface area contributed by atoms with E-state index in [-0.39, 0.29) is 6.29 Å². The Morgan fingerprint density at radius 1 is 0.955 bits per heavy atom. The van der Waals surface area contributed by atoms with E-state index in [0.29, 0.717) is 12.1 Å². The zero-order chi connectivity index (χ0) is 16.5. The quantitative estimate of drug-likeness (QED) is 0.615. The van der Waals surface area contributed by atoms with Gasteiger partial charge in [-0.3, -0.25) is 4.79 Å². The molecule has 8 heteroatoms. The number of aldehydes is 1. The second-order valence-electron chi connectivity index (χ2n) is 4.14. The minimum Gasteiger partial charge on any atom is -0.403 e. The summed E-state index contributed by atoms with van der Waals surface area (Å²) >= 11 is 0. The van der Waals surface area contributed by atoms with Crippen molar-refractivity contribution in [2.75, 3.05) is 0 Å². The molecule has 2 rings (SSSR count). The van der Waals surface area contributed by atoms with Crippen LogP contribution in [0.15, 0.2) is 30.3 Å². The van der Waals surface area contributed by atoms with Gasteiger partial charge in [0, 0.05) is 11.1 Å². The highest BCUT2D eigenvalue weighted by Gasteiger charge is 2.33. The van der Waals surface area contributed by atoms with Gasteiger partial charge in [0.05, 0.1) is 0 Å². The number of ether oxygens (including phenoxy) is 1. The molecule has 0 saturated carbocycles. The van der Waals surface area contributed by atoms with Crippen LogP contribution in [0.2, 0.25) is 0 Å². The van der Waals surface area contributed by atoms with E-state index >= 15 is 0 Å². The average Bonchev–Trinajstić information content (AvgIpc) is 2.42. The van der Waals surface area contributed by atoms with Crippen molar-refractivity contribution >= 4 is 6.29 Å². The van der Waals surface area contributed by atoms with Crippen molar-refractivity contribution in [1.82, 2.24) is 0 Å². The predicted molar refractivity (Wildman–Crippen MR) is 63.8 cm³/mol. The summed E-state index contributed by atoms with van der Waals surface area (Å²) in [5.74, 6) is -5.36. The highest BCUT2D eigenvalue weighted by atomic mass is 19.4. The zero-order valence-electron chi connectivity index (χ0n) is 10.5. The Kier molecular flexibility index (Phi) is 4.11. The lowest BCUT2D eigenvalue weighted by Crippen LogP contribution is -2.18. The number of benzene rings is 2. The summed E-state index contributed by atoms with van der Waals surface area (Å²) in [5.41, 5.74) is -1.36. The van der Waals surface area contributed by atoms with E-state index in [1.165, 1.54) is 0 Å². The third kappa shape index (κ3) is 3.21. The standard InChI is InChI=1S/C14H6F6O2/c15-10-3-1-2-8(13(10)17)9-5-12(22-14(18,19)20)11(16)4-7(9)6-21/h1-6H. The number of carbonyl (C=O) groups is 1. The molecule has 0 bridgehead atoms. The molecule has 0 aliphatic rings. The van der Waals surface area contributed by atoms with Crippen LogP contribution in [0.3, 0.4) is 0 Å². The Labute approximate surface area is 119 Å². The van der Waals surface area contributed by atoms with Crippen LogP contribution in [-0.2, 0) is 0 Å². The van der Waals surface area contributed by atoms with Crippen LogP contribution in [0.1, 0.15) is 10.4 Å². The fourth-order valence-corrected chi connectivity index (χ4v) is 1.81. The minimum atomic E-state index is -5.18. The molecule has 0 heterocycles. The summed E-state index contributed by atoms with van der Waals surface area (Å²) in [5, 5.41) is 0. The maximum Gasteiger partial charge on any atom is 0.573 e. The lowest BCUT2D eigenvalue weighted by molar-refractivity contribution is -0.275. The van der Waals surface area contributed by atoms with Crippen LogP contribution in [0.25, 0.3) is 11.1 Å². The molecular weight excluding hydrogens is 314 g/mol. The van der Waals surface area contributed by atoms with Gasteiger partial charge in [0.25, 0.3) is 0 Å². The van der Waals surface area contributed by atoms with Crippen molar-refractivity contribution in [3.63, 3.8) is 0 Å². The van der Waals surface area contributed by atoms with E-state index in [1.54, 1.807) is 0 Å². The van der Waals surface area contributed by atoms with Crippen molar-refractivity contribution in [1.29, 1.82) is 0 Å². The Morgan fingerprint density at radius 3 is 2.23 bits per heavy atom. The molecule has 0 N–H and O–H groups in total. The fourth-order valence-electron chi connectivity index (χ4n) is 1.81. The van der Waals surface area contributed by atoms with Crippen LogP contribution in [0, 0.1) is 17.5 Å². The molecule has 0 aliphatic carbocycles. The average molecular weight is 320 g/mol. The van der Waals surface area contributed by atoms with E-state index in [9.17, 15) is 31.1 Å². The van der Waals surface area contributed by atoms with Crippen LogP contribution < -0.4 is 4.74 Å². The first kappa shape index (κ1) is 15.9. The van der Waals surface area contributed by atoms with Gasteiger partial charge in [0.2, 0.25) is 0 Å². The molecule has 0 atom stereocenters. The van der Waals surface area contributed by atoms with E-state index in [2.05, 4.69) is 4.74 Å². The normalized spacial score (nSPS) is 11.4. The largest absolute Gasteiger partial charge is 0.573 e. The summed E-state index contributed by atoms with van der Waals surface area (Å²) < 4.78 is 80.4. The predicted octanol–water partition coefficient (Wildman–Crippen LogP) is 4.48. The maximum atomic E-state index is 13.7. The van der Waals surface area contributed by atoms with Crippen molar-refractivity contribution in [3.8, 4) is 16.9 Å². The monoisotopic (exact) mass is 320 g/mol. The molecule has 0 fully saturated rings. The molecule has 2 aromatic carbocycles. The molecule has 0 unspecified atom stereocenters. The van der Waals surface area contributed by atoms with Gasteiger partial charge in [0.1, 0.15) is 0 Å². The van der Waals surface area contributed by atoms with Gasteiger partial charge in [-0.15, -0.1) is 13.2 Å².